The normalized spacial score (nSPS) is 12.0. The van der Waals surface area contributed by atoms with Crippen LogP contribution in [0.25, 0.3) is 0 Å². The van der Waals surface area contributed by atoms with Crippen molar-refractivity contribution in [3.63, 3.8) is 0 Å². The molecular weight excluding hydrogens is 310 g/mol. The van der Waals surface area contributed by atoms with Gasteiger partial charge in [0.1, 0.15) is 0 Å². The largest absolute Gasteiger partial charge is 0.244 e. The fourth-order valence-electron chi connectivity index (χ4n) is 1.37. The van der Waals surface area contributed by atoms with Crippen LogP contribution in [-0.4, -0.2) is 25.8 Å². The van der Waals surface area contributed by atoms with Crippen molar-refractivity contribution >= 4 is 37.3 Å². The van der Waals surface area contributed by atoms with Crippen molar-refractivity contribution in [1.82, 2.24) is 4.31 Å². The Kier molecular flexibility index (Phi) is 4.73. The molecule has 1 rings (SSSR count). The number of aryl methyl sites for hydroxylation is 1. The lowest BCUT2D eigenvalue weighted by Crippen LogP contribution is -2.31. The van der Waals surface area contributed by atoms with Gasteiger partial charge in [0.2, 0.25) is 10.0 Å². The van der Waals surface area contributed by atoms with Crippen molar-refractivity contribution in [1.29, 1.82) is 0 Å². The number of thiophene rings is 1. The maximum Gasteiger partial charge on any atom is 0.244 e. The van der Waals surface area contributed by atoms with Crippen molar-refractivity contribution < 1.29 is 8.42 Å². The molecule has 0 bridgehead atoms. The number of hydrogen-bond acceptors (Lipinski definition) is 3. The molecule has 0 amide bonds. The summed E-state index contributed by atoms with van der Waals surface area (Å²) < 4.78 is 26.7. The SMILES string of the molecule is C=CCN(CC)S(=O)(=O)c1cc(Br)sc1C. The van der Waals surface area contributed by atoms with E-state index >= 15 is 0 Å². The summed E-state index contributed by atoms with van der Waals surface area (Å²) >= 11 is 4.73. The molecule has 0 aromatic carbocycles. The van der Waals surface area contributed by atoms with Crippen LogP contribution in [0, 0.1) is 6.92 Å². The molecule has 0 aliphatic carbocycles. The van der Waals surface area contributed by atoms with Crippen LogP contribution in [0.15, 0.2) is 27.4 Å². The topological polar surface area (TPSA) is 37.4 Å². The van der Waals surface area contributed by atoms with E-state index in [1.807, 2.05) is 13.8 Å². The molecule has 0 radical (unpaired) electrons. The summed E-state index contributed by atoms with van der Waals surface area (Å²) in [5, 5.41) is 0. The molecule has 16 heavy (non-hydrogen) atoms. The van der Waals surface area contributed by atoms with E-state index in [-0.39, 0.29) is 0 Å². The van der Waals surface area contributed by atoms with Crippen molar-refractivity contribution in [2.24, 2.45) is 0 Å². The molecule has 0 aliphatic rings. The first-order valence-electron chi connectivity index (χ1n) is 4.80. The van der Waals surface area contributed by atoms with Crippen molar-refractivity contribution in [2.45, 2.75) is 18.7 Å². The molecule has 6 heteroatoms. The molecule has 0 fully saturated rings. The average molecular weight is 324 g/mol. The quantitative estimate of drug-likeness (QED) is 0.781. The van der Waals surface area contributed by atoms with Crippen LogP contribution in [0.3, 0.4) is 0 Å². The number of halogens is 1. The summed E-state index contributed by atoms with van der Waals surface area (Å²) in [5.41, 5.74) is 0. The molecule has 1 aromatic heterocycles. The van der Waals surface area contributed by atoms with Gasteiger partial charge in [0, 0.05) is 18.0 Å². The highest BCUT2D eigenvalue weighted by Crippen LogP contribution is 2.31. The minimum Gasteiger partial charge on any atom is -0.207 e. The van der Waals surface area contributed by atoms with Gasteiger partial charge < -0.3 is 0 Å². The number of nitrogens with zero attached hydrogens (tertiary/aromatic N) is 1. The lowest BCUT2D eigenvalue weighted by atomic mass is 10.5. The maximum absolute atomic E-state index is 12.3. The van der Waals surface area contributed by atoms with Gasteiger partial charge in [-0.15, -0.1) is 17.9 Å². The second-order valence-electron chi connectivity index (χ2n) is 3.22. The summed E-state index contributed by atoms with van der Waals surface area (Å²) in [5.74, 6) is 0. The fourth-order valence-corrected chi connectivity index (χ4v) is 5.17. The van der Waals surface area contributed by atoms with E-state index in [1.165, 1.54) is 15.6 Å². The molecule has 0 N–H and O–H groups in total. The van der Waals surface area contributed by atoms with Crippen LogP contribution in [0.5, 0.6) is 0 Å². The molecule has 3 nitrogen and oxygen atoms in total. The minimum atomic E-state index is -3.38. The van der Waals surface area contributed by atoms with Crippen molar-refractivity contribution in [3.05, 3.63) is 27.4 Å². The van der Waals surface area contributed by atoms with E-state index in [4.69, 9.17) is 0 Å². The summed E-state index contributed by atoms with van der Waals surface area (Å²) in [6, 6.07) is 1.65. The van der Waals surface area contributed by atoms with Crippen LogP contribution >= 0.6 is 27.3 Å². The average Bonchev–Trinajstić information content (AvgIpc) is 2.54. The summed E-state index contributed by atoms with van der Waals surface area (Å²) in [6.45, 7) is 7.98. The zero-order chi connectivity index (χ0) is 12.3. The van der Waals surface area contributed by atoms with Crippen LogP contribution in [0.1, 0.15) is 11.8 Å². The molecule has 0 spiro atoms. The molecule has 1 heterocycles. The molecule has 0 atom stereocenters. The number of sulfonamides is 1. The predicted octanol–water partition coefficient (Wildman–Crippen LogP) is 3.02. The highest BCUT2D eigenvalue weighted by atomic mass is 79.9. The molecule has 0 unspecified atom stereocenters. The molecule has 1 aromatic rings. The molecule has 0 aliphatic heterocycles. The first-order valence-corrected chi connectivity index (χ1v) is 7.85. The van der Waals surface area contributed by atoms with E-state index in [1.54, 1.807) is 12.1 Å². The Labute approximate surface area is 109 Å². The van der Waals surface area contributed by atoms with Crippen LogP contribution in [0.2, 0.25) is 0 Å². The van der Waals surface area contributed by atoms with Crippen LogP contribution in [0.4, 0.5) is 0 Å². The Bertz CT molecular complexity index is 479. The maximum atomic E-state index is 12.3. The van der Waals surface area contributed by atoms with E-state index in [0.717, 1.165) is 8.66 Å². The zero-order valence-corrected chi connectivity index (χ0v) is 12.5. The number of rotatable bonds is 5. The first-order chi connectivity index (χ1) is 7.43. The number of hydrogen-bond donors (Lipinski definition) is 0. The van der Waals surface area contributed by atoms with Crippen molar-refractivity contribution in [2.75, 3.05) is 13.1 Å². The summed E-state index contributed by atoms with van der Waals surface area (Å²) in [4.78, 5) is 1.18. The first kappa shape index (κ1) is 13.9. The van der Waals surface area contributed by atoms with Gasteiger partial charge in [0.25, 0.3) is 0 Å². The van der Waals surface area contributed by atoms with E-state index in [0.29, 0.717) is 18.0 Å². The standard InChI is InChI=1S/C10H14BrNO2S2/c1-4-6-12(5-2)16(13,14)9-7-10(11)15-8(9)3/h4,7H,1,5-6H2,2-3H3. The van der Waals surface area contributed by atoms with Crippen LogP contribution < -0.4 is 0 Å². The van der Waals surface area contributed by atoms with Crippen molar-refractivity contribution in [3.8, 4) is 0 Å². The monoisotopic (exact) mass is 323 g/mol. The highest BCUT2D eigenvalue weighted by Gasteiger charge is 2.25. The third-order valence-electron chi connectivity index (χ3n) is 2.15. The van der Waals surface area contributed by atoms with Gasteiger partial charge in [-0.3, -0.25) is 0 Å². The van der Waals surface area contributed by atoms with Gasteiger partial charge in [-0.05, 0) is 28.9 Å². The Morgan fingerprint density at radius 2 is 2.25 bits per heavy atom. The van der Waals surface area contributed by atoms with Gasteiger partial charge >= 0.3 is 0 Å². The summed E-state index contributed by atoms with van der Waals surface area (Å²) in [7, 11) is -3.38. The summed E-state index contributed by atoms with van der Waals surface area (Å²) in [6.07, 6.45) is 1.60. The second-order valence-corrected chi connectivity index (χ2v) is 7.76. The Hall–Kier alpha value is -0.170. The third kappa shape index (κ3) is 2.74. The smallest absolute Gasteiger partial charge is 0.207 e. The van der Waals surface area contributed by atoms with Gasteiger partial charge in [-0.25, -0.2) is 8.42 Å². The van der Waals surface area contributed by atoms with E-state index < -0.39 is 10.0 Å². The molecule has 0 saturated carbocycles. The highest BCUT2D eigenvalue weighted by molar-refractivity contribution is 9.11. The minimum absolute atomic E-state index is 0.339. The third-order valence-corrected chi connectivity index (χ3v) is 5.90. The Morgan fingerprint density at radius 3 is 2.62 bits per heavy atom. The fraction of sp³-hybridized carbons (Fsp3) is 0.400. The predicted molar refractivity (Wildman–Crippen MR) is 71.4 cm³/mol. The zero-order valence-electron chi connectivity index (χ0n) is 9.23. The van der Waals surface area contributed by atoms with Gasteiger partial charge in [-0.2, -0.15) is 4.31 Å². The van der Waals surface area contributed by atoms with Gasteiger partial charge in [0.15, 0.2) is 0 Å². The molecule has 90 valence electrons. The molecular formula is C10H14BrNO2S2. The molecule has 0 saturated heterocycles. The van der Waals surface area contributed by atoms with Crippen LogP contribution in [-0.2, 0) is 10.0 Å². The van der Waals surface area contributed by atoms with Gasteiger partial charge in [0.05, 0.1) is 8.68 Å². The van der Waals surface area contributed by atoms with Gasteiger partial charge in [-0.1, -0.05) is 13.0 Å². The lowest BCUT2D eigenvalue weighted by molar-refractivity contribution is 0.460. The Morgan fingerprint density at radius 1 is 1.62 bits per heavy atom. The van der Waals surface area contributed by atoms with E-state index in [9.17, 15) is 8.42 Å². The lowest BCUT2D eigenvalue weighted by Gasteiger charge is -2.18. The Balaban J connectivity index is 3.19. The number of likely N-dealkylation sites (N-methyl/N-ethyl adjacent to an activating group) is 1. The second kappa shape index (κ2) is 5.44. The van der Waals surface area contributed by atoms with E-state index in [2.05, 4.69) is 22.5 Å².